The van der Waals surface area contributed by atoms with Crippen LogP contribution in [0.4, 0.5) is 8.78 Å². The van der Waals surface area contributed by atoms with Gasteiger partial charge >= 0.3 is 0 Å². The van der Waals surface area contributed by atoms with Gasteiger partial charge < -0.3 is 5.32 Å². The molecular weight excluding hydrogens is 244 g/mol. The number of rotatable bonds is 5. The van der Waals surface area contributed by atoms with Crippen LogP contribution >= 0.6 is 11.6 Å². The quantitative estimate of drug-likeness (QED) is 0.779. The zero-order chi connectivity index (χ0) is 13.0. The predicted octanol–water partition coefficient (Wildman–Crippen LogP) is 4.31. The van der Waals surface area contributed by atoms with Crippen LogP contribution in [0.5, 0.6) is 0 Å². The molecule has 1 rings (SSSR count). The minimum absolute atomic E-state index is 0.0393. The third-order valence-corrected chi connectivity index (χ3v) is 2.90. The standard InChI is InChI=1S/C13H18ClF2N/c1-4-17-13(5-8(2)3)9-6-11(15)12(16)7-10(9)14/h6-8,13,17H,4-5H2,1-3H3. The molecule has 1 aromatic rings. The average Bonchev–Trinajstić information content (AvgIpc) is 2.22. The summed E-state index contributed by atoms with van der Waals surface area (Å²) < 4.78 is 26.2. The van der Waals surface area contributed by atoms with Crippen LogP contribution in [0.25, 0.3) is 0 Å². The van der Waals surface area contributed by atoms with Crippen LogP contribution in [0, 0.1) is 17.6 Å². The Kier molecular flexibility index (Phi) is 5.34. The molecule has 1 atom stereocenters. The molecule has 1 nitrogen and oxygen atoms in total. The van der Waals surface area contributed by atoms with Crippen molar-refractivity contribution < 1.29 is 8.78 Å². The van der Waals surface area contributed by atoms with Crippen LogP contribution < -0.4 is 5.32 Å². The first-order valence-electron chi connectivity index (χ1n) is 5.83. The largest absolute Gasteiger partial charge is 0.310 e. The highest BCUT2D eigenvalue weighted by molar-refractivity contribution is 6.31. The number of hydrogen-bond donors (Lipinski definition) is 1. The zero-order valence-corrected chi connectivity index (χ0v) is 11.1. The van der Waals surface area contributed by atoms with Crippen LogP contribution in [0.1, 0.15) is 38.8 Å². The van der Waals surface area contributed by atoms with Gasteiger partial charge in [-0.1, -0.05) is 32.4 Å². The summed E-state index contributed by atoms with van der Waals surface area (Å²) in [5.74, 6) is -1.31. The Morgan fingerprint density at radius 2 is 1.82 bits per heavy atom. The fourth-order valence-corrected chi connectivity index (χ4v) is 2.13. The number of nitrogens with one attached hydrogen (secondary N) is 1. The second kappa shape index (κ2) is 6.31. The molecule has 0 aliphatic rings. The predicted molar refractivity (Wildman–Crippen MR) is 67.2 cm³/mol. The Bertz CT molecular complexity index is 380. The lowest BCUT2D eigenvalue weighted by Gasteiger charge is -2.21. The summed E-state index contributed by atoms with van der Waals surface area (Å²) in [6, 6.07) is 2.19. The first-order valence-corrected chi connectivity index (χ1v) is 6.21. The summed E-state index contributed by atoms with van der Waals surface area (Å²) in [4.78, 5) is 0. The van der Waals surface area contributed by atoms with Crippen LogP contribution in [-0.4, -0.2) is 6.54 Å². The summed E-state index contributed by atoms with van der Waals surface area (Å²) in [6.07, 6.45) is 0.832. The van der Waals surface area contributed by atoms with Crippen molar-refractivity contribution in [3.8, 4) is 0 Å². The molecule has 1 unspecified atom stereocenters. The molecule has 0 bridgehead atoms. The third kappa shape index (κ3) is 3.93. The lowest BCUT2D eigenvalue weighted by molar-refractivity contribution is 0.433. The minimum Gasteiger partial charge on any atom is -0.310 e. The minimum atomic E-state index is -0.904. The Balaban J connectivity index is 3.04. The van der Waals surface area contributed by atoms with Gasteiger partial charge in [0.1, 0.15) is 0 Å². The van der Waals surface area contributed by atoms with E-state index in [1.54, 1.807) is 0 Å². The Hall–Kier alpha value is -0.670. The van der Waals surface area contributed by atoms with Gasteiger partial charge in [0.05, 0.1) is 0 Å². The van der Waals surface area contributed by atoms with Crippen LogP contribution in [0.2, 0.25) is 5.02 Å². The summed E-state index contributed by atoms with van der Waals surface area (Å²) in [5, 5.41) is 3.52. The maximum Gasteiger partial charge on any atom is 0.160 e. The molecule has 1 aromatic carbocycles. The second-order valence-electron chi connectivity index (χ2n) is 4.53. The molecule has 0 spiro atoms. The summed E-state index contributed by atoms with van der Waals surface area (Å²) in [7, 11) is 0. The van der Waals surface area contributed by atoms with E-state index >= 15 is 0 Å². The van der Waals surface area contributed by atoms with Crippen molar-refractivity contribution in [3.05, 3.63) is 34.4 Å². The van der Waals surface area contributed by atoms with Crippen molar-refractivity contribution in [2.75, 3.05) is 6.54 Å². The molecule has 1 N–H and O–H groups in total. The van der Waals surface area contributed by atoms with Crippen LogP contribution in [0.15, 0.2) is 12.1 Å². The van der Waals surface area contributed by atoms with Crippen LogP contribution in [-0.2, 0) is 0 Å². The SMILES string of the molecule is CCNC(CC(C)C)c1cc(F)c(F)cc1Cl. The van der Waals surface area contributed by atoms with E-state index in [2.05, 4.69) is 19.2 Å². The van der Waals surface area contributed by atoms with Gasteiger partial charge in [0.2, 0.25) is 0 Å². The van der Waals surface area contributed by atoms with E-state index in [0.29, 0.717) is 11.5 Å². The van der Waals surface area contributed by atoms with Gasteiger partial charge in [0.15, 0.2) is 11.6 Å². The van der Waals surface area contributed by atoms with Crippen molar-refractivity contribution in [1.82, 2.24) is 5.32 Å². The van der Waals surface area contributed by atoms with E-state index in [-0.39, 0.29) is 11.1 Å². The highest BCUT2D eigenvalue weighted by Crippen LogP contribution is 2.29. The van der Waals surface area contributed by atoms with Gasteiger partial charge in [-0.05, 0) is 36.6 Å². The molecule has 0 aliphatic carbocycles. The lowest BCUT2D eigenvalue weighted by Crippen LogP contribution is -2.23. The Labute approximate surface area is 106 Å². The smallest absolute Gasteiger partial charge is 0.160 e. The number of halogens is 3. The van der Waals surface area contributed by atoms with Crippen molar-refractivity contribution >= 4 is 11.6 Å². The van der Waals surface area contributed by atoms with Crippen LogP contribution in [0.3, 0.4) is 0 Å². The second-order valence-corrected chi connectivity index (χ2v) is 4.93. The van der Waals surface area contributed by atoms with E-state index in [9.17, 15) is 8.78 Å². The maximum atomic E-state index is 13.2. The van der Waals surface area contributed by atoms with Gasteiger partial charge in [0, 0.05) is 11.1 Å². The number of benzene rings is 1. The van der Waals surface area contributed by atoms with E-state index in [4.69, 9.17) is 11.6 Å². The summed E-state index contributed by atoms with van der Waals surface area (Å²) in [5.41, 5.74) is 0.626. The van der Waals surface area contributed by atoms with E-state index in [1.807, 2.05) is 6.92 Å². The van der Waals surface area contributed by atoms with Crippen molar-refractivity contribution in [1.29, 1.82) is 0 Å². The molecule has 0 aromatic heterocycles. The summed E-state index contributed by atoms with van der Waals surface area (Å²) >= 11 is 5.97. The average molecular weight is 262 g/mol. The molecule has 4 heteroatoms. The molecule has 0 radical (unpaired) electrons. The molecule has 0 fully saturated rings. The van der Waals surface area contributed by atoms with Gasteiger partial charge in [-0.25, -0.2) is 8.78 Å². The first-order chi connectivity index (χ1) is 7.95. The van der Waals surface area contributed by atoms with E-state index in [0.717, 1.165) is 19.0 Å². The first kappa shape index (κ1) is 14.4. The molecular formula is C13H18ClF2N. The lowest BCUT2D eigenvalue weighted by atomic mass is 9.96. The molecule has 0 saturated heterocycles. The molecule has 17 heavy (non-hydrogen) atoms. The molecule has 0 heterocycles. The highest BCUT2D eigenvalue weighted by Gasteiger charge is 2.18. The third-order valence-electron chi connectivity index (χ3n) is 2.57. The van der Waals surface area contributed by atoms with Crippen molar-refractivity contribution in [2.45, 2.75) is 33.2 Å². The number of hydrogen-bond acceptors (Lipinski definition) is 1. The fraction of sp³-hybridized carbons (Fsp3) is 0.538. The van der Waals surface area contributed by atoms with Crippen molar-refractivity contribution in [2.24, 2.45) is 5.92 Å². The molecule has 96 valence electrons. The van der Waals surface area contributed by atoms with Gasteiger partial charge in [-0.3, -0.25) is 0 Å². The Morgan fingerprint density at radius 3 is 2.35 bits per heavy atom. The fourth-order valence-electron chi connectivity index (χ4n) is 1.84. The Morgan fingerprint density at radius 1 is 1.24 bits per heavy atom. The monoisotopic (exact) mass is 261 g/mol. The van der Waals surface area contributed by atoms with E-state index < -0.39 is 11.6 Å². The summed E-state index contributed by atoms with van der Waals surface area (Å²) in [6.45, 7) is 6.89. The highest BCUT2D eigenvalue weighted by atomic mass is 35.5. The molecule has 0 aliphatic heterocycles. The zero-order valence-electron chi connectivity index (χ0n) is 10.4. The van der Waals surface area contributed by atoms with Gasteiger partial charge in [0.25, 0.3) is 0 Å². The van der Waals surface area contributed by atoms with Crippen molar-refractivity contribution in [3.63, 3.8) is 0 Å². The maximum absolute atomic E-state index is 13.2. The van der Waals surface area contributed by atoms with Gasteiger partial charge in [-0.15, -0.1) is 0 Å². The van der Waals surface area contributed by atoms with E-state index in [1.165, 1.54) is 6.07 Å². The molecule has 0 saturated carbocycles. The topological polar surface area (TPSA) is 12.0 Å². The van der Waals surface area contributed by atoms with Gasteiger partial charge in [-0.2, -0.15) is 0 Å². The molecule has 0 amide bonds. The normalized spacial score (nSPS) is 13.1.